The van der Waals surface area contributed by atoms with E-state index in [4.69, 9.17) is 4.74 Å². The first-order valence-electron chi connectivity index (χ1n) is 6.66. The van der Waals surface area contributed by atoms with E-state index in [-0.39, 0.29) is 23.8 Å². The second-order valence-corrected chi connectivity index (χ2v) is 4.79. The van der Waals surface area contributed by atoms with Crippen LogP contribution < -0.4 is 15.4 Å². The molecule has 2 rings (SSSR count). The van der Waals surface area contributed by atoms with Crippen LogP contribution in [0.1, 0.15) is 12.0 Å². The van der Waals surface area contributed by atoms with E-state index in [1.807, 2.05) is 0 Å². The lowest BCUT2D eigenvalue weighted by Gasteiger charge is -2.11. The molecule has 0 bridgehead atoms. The van der Waals surface area contributed by atoms with Crippen molar-refractivity contribution < 1.29 is 23.0 Å². The van der Waals surface area contributed by atoms with Crippen LogP contribution in [0.5, 0.6) is 5.75 Å². The lowest BCUT2D eigenvalue weighted by molar-refractivity contribution is -0.123. The van der Waals surface area contributed by atoms with Crippen molar-refractivity contribution >= 4 is 5.91 Å². The fraction of sp³-hybridized carbons (Fsp3) is 0.500. The summed E-state index contributed by atoms with van der Waals surface area (Å²) in [6, 6.07) is 5.91. The van der Waals surface area contributed by atoms with Crippen LogP contribution in [0.15, 0.2) is 24.3 Å². The molecule has 116 valence electrons. The lowest BCUT2D eigenvalue weighted by Crippen LogP contribution is -2.39. The number of halogens is 2. The third-order valence-corrected chi connectivity index (χ3v) is 3.36. The number of hydrogen-bond acceptors (Lipinski definition) is 4. The minimum atomic E-state index is -2.84. The Morgan fingerprint density at radius 3 is 2.71 bits per heavy atom. The highest BCUT2D eigenvalue weighted by Crippen LogP contribution is 2.15. The van der Waals surface area contributed by atoms with Crippen LogP contribution >= 0.6 is 0 Å². The summed E-state index contributed by atoms with van der Waals surface area (Å²) in [5, 5.41) is 5.88. The molecule has 1 saturated heterocycles. The van der Waals surface area contributed by atoms with E-state index in [2.05, 4.69) is 15.4 Å². The number of methoxy groups -OCH3 is 1. The molecule has 5 nitrogen and oxygen atoms in total. The molecule has 2 unspecified atom stereocenters. The van der Waals surface area contributed by atoms with Gasteiger partial charge in [0, 0.05) is 20.2 Å². The van der Waals surface area contributed by atoms with E-state index in [1.165, 1.54) is 12.1 Å². The average Bonchev–Trinajstić information content (AvgIpc) is 2.94. The highest BCUT2D eigenvalue weighted by atomic mass is 19.3. The van der Waals surface area contributed by atoms with Gasteiger partial charge < -0.3 is 20.1 Å². The summed E-state index contributed by atoms with van der Waals surface area (Å²) in [6.07, 6.45) is 0.704. The SMILES string of the molecule is COC1CNC(C(=O)NCc2ccc(OC(F)F)cc2)C1. The van der Waals surface area contributed by atoms with Gasteiger partial charge in [0.05, 0.1) is 12.1 Å². The van der Waals surface area contributed by atoms with Gasteiger partial charge in [-0.15, -0.1) is 0 Å². The molecule has 21 heavy (non-hydrogen) atoms. The van der Waals surface area contributed by atoms with E-state index < -0.39 is 6.61 Å². The number of nitrogens with one attached hydrogen (secondary N) is 2. The first-order chi connectivity index (χ1) is 10.1. The molecule has 0 radical (unpaired) electrons. The summed E-state index contributed by atoms with van der Waals surface area (Å²) in [6.45, 7) is -1.84. The van der Waals surface area contributed by atoms with Crippen molar-refractivity contribution in [2.75, 3.05) is 13.7 Å². The number of hydrogen-bond donors (Lipinski definition) is 2. The molecule has 1 aliphatic heterocycles. The van der Waals surface area contributed by atoms with Gasteiger partial charge in [0.15, 0.2) is 0 Å². The van der Waals surface area contributed by atoms with Crippen LogP contribution in [-0.4, -0.2) is 38.3 Å². The molecule has 7 heteroatoms. The summed E-state index contributed by atoms with van der Waals surface area (Å²) in [4.78, 5) is 11.9. The van der Waals surface area contributed by atoms with E-state index >= 15 is 0 Å². The van der Waals surface area contributed by atoms with Gasteiger partial charge in [-0.3, -0.25) is 4.79 Å². The molecule has 2 atom stereocenters. The number of benzene rings is 1. The number of rotatable bonds is 6. The van der Waals surface area contributed by atoms with Crippen molar-refractivity contribution in [2.24, 2.45) is 0 Å². The summed E-state index contributed by atoms with van der Waals surface area (Å²) in [7, 11) is 1.62. The standard InChI is InChI=1S/C14H18F2N2O3/c1-20-11-6-12(17-8-11)13(19)18-7-9-2-4-10(5-3-9)21-14(15)16/h2-5,11-12,14,17H,6-8H2,1H3,(H,18,19). The zero-order chi connectivity index (χ0) is 15.2. The predicted molar refractivity (Wildman–Crippen MR) is 72.1 cm³/mol. The van der Waals surface area contributed by atoms with E-state index in [0.29, 0.717) is 19.5 Å². The Morgan fingerprint density at radius 2 is 2.14 bits per heavy atom. The molecular weight excluding hydrogens is 282 g/mol. The topological polar surface area (TPSA) is 59.6 Å². The average molecular weight is 300 g/mol. The zero-order valence-electron chi connectivity index (χ0n) is 11.6. The van der Waals surface area contributed by atoms with Gasteiger partial charge in [-0.05, 0) is 24.1 Å². The number of ether oxygens (including phenoxy) is 2. The Bertz CT molecular complexity index is 468. The molecule has 1 aromatic rings. The van der Waals surface area contributed by atoms with E-state index in [0.717, 1.165) is 5.56 Å². The minimum Gasteiger partial charge on any atom is -0.435 e. The maximum Gasteiger partial charge on any atom is 0.387 e. The number of carbonyl (C=O) groups is 1. The minimum absolute atomic E-state index is 0.0616. The summed E-state index contributed by atoms with van der Waals surface area (Å²) in [5.41, 5.74) is 0.811. The van der Waals surface area contributed by atoms with Gasteiger partial charge in [0.1, 0.15) is 5.75 Å². The molecule has 0 aliphatic carbocycles. The largest absolute Gasteiger partial charge is 0.435 e. The number of amides is 1. The van der Waals surface area contributed by atoms with Crippen LogP contribution in [0, 0.1) is 0 Å². The molecule has 0 aromatic heterocycles. The van der Waals surface area contributed by atoms with Crippen molar-refractivity contribution in [1.82, 2.24) is 10.6 Å². The van der Waals surface area contributed by atoms with Crippen LogP contribution in [0.3, 0.4) is 0 Å². The smallest absolute Gasteiger partial charge is 0.387 e. The summed E-state index contributed by atoms with van der Waals surface area (Å²) < 4.78 is 33.5. The molecule has 2 N–H and O–H groups in total. The zero-order valence-corrected chi connectivity index (χ0v) is 11.6. The van der Waals surface area contributed by atoms with E-state index in [9.17, 15) is 13.6 Å². The Labute approximate surface area is 121 Å². The second kappa shape index (κ2) is 7.33. The van der Waals surface area contributed by atoms with Gasteiger partial charge >= 0.3 is 6.61 Å². The number of carbonyl (C=O) groups excluding carboxylic acids is 1. The lowest BCUT2D eigenvalue weighted by atomic mass is 10.1. The van der Waals surface area contributed by atoms with Gasteiger partial charge in [-0.1, -0.05) is 12.1 Å². The fourth-order valence-corrected chi connectivity index (χ4v) is 2.18. The first-order valence-corrected chi connectivity index (χ1v) is 6.66. The van der Waals surface area contributed by atoms with Gasteiger partial charge in [0.2, 0.25) is 5.91 Å². The Balaban J connectivity index is 1.79. The Morgan fingerprint density at radius 1 is 1.43 bits per heavy atom. The highest BCUT2D eigenvalue weighted by Gasteiger charge is 2.28. The summed E-state index contributed by atoms with van der Waals surface area (Å²) >= 11 is 0. The van der Waals surface area contributed by atoms with Gasteiger partial charge in [-0.2, -0.15) is 8.78 Å². The molecule has 1 fully saturated rings. The third-order valence-electron chi connectivity index (χ3n) is 3.36. The normalized spacial score (nSPS) is 21.5. The third kappa shape index (κ3) is 4.64. The van der Waals surface area contributed by atoms with Crippen molar-refractivity contribution in [3.63, 3.8) is 0 Å². The molecule has 0 spiro atoms. The molecule has 1 aliphatic rings. The fourth-order valence-electron chi connectivity index (χ4n) is 2.18. The Kier molecular flexibility index (Phi) is 5.46. The number of alkyl halides is 2. The van der Waals surface area contributed by atoms with Crippen LogP contribution in [0.25, 0.3) is 0 Å². The molecule has 1 heterocycles. The first kappa shape index (κ1) is 15.7. The molecule has 1 aromatic carbocycles. The Hall–Kier alpha value is -1.73. The maximum absolute atomic E-state index is 12.0. The molecule has 0 saturated carbocycles. The highest BCUT2D eigenvalue weighted by molar-refractivity contribution is 5.82. The van der Waals surface area contributed by atoms with Crippen molar-refractivity contribution in [1.29, 1.82) is 0 Å². The predicted octanol–water partition coefficient (Wildman–Crippen LogP) is 1.28. The van der Waals surface area contributed by atoms with Crippen molar-refractivity contribution in [2.45, 2.75) is 31.7 Å². The van der Waals surface area contributed by atoms with Crippen molar-refractivity contribution in [3.05, 3.63) is 29.8 Å². The van der Waals surface area contributed by atoms with Crippen LogP contribution in [-0.2, 0) is 16.1 Å². The van der Waals surface area contributed by atoms with Gasteiger partial charge in [0.25, 0.3) is 0 Å². The summed E-state index contributed by atoms with van der Waals surface area (Å²) in [5.74, 6) is 0.00271. The molecule has 1 amide bonds. The van der Waals surface area contributed by atoms with E-state index in [1.54, 1.807) is 19.2 Å². The monoisotopic (exact) mass is 300 g/mol. The van der Waals surface area contributed by atoms with Gasteiger partial charge in [-0.25, -0.2) is 0 Å². The molecular formula is C14H18F2N2O3. The maximum atomic E-state index is 12.0. The van der Waals surface area contributed by atoms with Crippen molar-refractivity contribution in [3.8, 4) is 5.75 Å². The quantitative estimate of drug-likeness (QED) is 0.831. The van der Waals surface area contributed by atoms with Crippen LogP contribution in [0.4, 0.5) is 8.78 Å². The second-order valence-electron chi connectivity index (χ2n) is 4.79. The van der Waals surface area contributed by atoms with Crippen LogP contribution in [0.2, 0.25) is 0 Å².